The predicted octanol–water partition coefficient (Wildman–Crippen LogP) is 0.984. The van der Waals surface area contributed by atoms with Gasteiger partial charge in [-0.25, -0.2) is 15.8 Å². The van der Waals surface area contributed by atoms with Crippen molar-refractivity contribution >= 4 is 28.4 Å². The zero-order valence-electron chi connectivity index (χ0n) is 6.35. The van der Waals surface area contributed by atoms with Gasteiger partial charge in [-0.05, 0) is 36.4 Å². The topological polar surface area (TPSA) is 63.8 Å². The molecule has 3 N–H and O–H groups in total. The quantitative estimate of drug-likeness (QED) is 0.451. The normalized spacial score (nSPS) is 9.82. The van der Waals surface area contributed by atoms with Crippen LogP contribution < -0.4 is 11.3 Å². The molecule has 0 fully saturated rings. The largest absolute Gasteiger partial charge is 0.307 e. The van der Waals surface area contributed by atoms with Gasteiger partial charge in [0.25, 0.3) is 0 Å². The molecule has 1 aromatic rings. The molecule has 1 heterocycles. The molecular formula is C6H9IN4. The van der Waals surface area contributed by atoms with E-state index in [1.165, 1.54) is 0 Å². The minimum Gasteiger partial charge on any atom is -0.307 e. The van der Waals surface area contributed by atoms with Crippen molar-refractivity contribution in [3.63, 3.8) is 0 Å². The van der Waals surface area contributed by atoms with Crippen LogP contribution in [0.1, 0.15) is 11.5 Å². The van der Waals surface area contributed by atoms with Gasteiger partial charge in [0.05, 0.1) is 9.26 Å². The molecule has 0 radical (unpaired) electrons. The molecule has 0 atom stereocenters. The summed E-state index contributed by atoms with van der Waals surface area (Å²) in [6.07, 6.45) is 0. The van der Waals surface area contributed by atoms with E-state index in [4.69, 9.17) is 5.84 Å². The molecule has 0 aromatic carbocycles. The number of rotatable bonds is 1. The zero-order chi connectivity index (χ0) is 8.43. The maximum absolute atomic E-state index is 5.24. The first-order chi connectivity index (χ1) is 5.15. The monoisotopic (exact) mass is 264 g/mol. The Kier molecular flexibility index (Phi) is 2.61. The van der Waals surface area contributed by atoms with Crippen molar-refractivity contribution in [2.75, 3.05) is 5.43 Å². The summed E-state index contributed by atoms with van der Waals surface area (Å²) < 4.78 is 0.968. The molecule has 60 valence electrons. The van der Waals surface area contributed by atoms with E-state index in [2.05, 4.69) is 38.0 Å². The van der Waals surface area contributed by atoms with Gasteiger partial charge in [-0.15, -0.1) is 0 Å². The second-order valence-corrected chi connectivity index (χ2v) is 3.24. The van der Waals surface area contributed by atoms with Gasteiger partial charge in [-0.1, -0.05) is 0 Å². The van der Waals surface area contributed by atoms with Crippen LogP contribution in [0.2, 0.25) is 0 Å². The lowest BCUT2D eigenvalue weighted by molar-refractivity contribution is 0.991. The van der Waals surface area contributed by atoms with E-state index in [0.29, 0.717) is 5.82 Å². The van der Waals surface area contributed by atoms with E-state index < -0.39 is 0 Å². The lowest BCUT2D eigenvalue weighted by Crippen LogP contribution is -2.12. The summed E-state index contributed by atoms with van der Waals surface area (Å²) in [6, 6.07) is 0. The first-order valence-electron chi connectivity index (χ1n) is 3.12. The Bertz CT molecular complexity index is 274. The molecule has 0 unspecified atom stereocenters. The Balaban J connectivity index is 3.24. The maximum atomic E-state index is 5.24. The van der Waals surface area contributed by atoms with Gasteiger partial charge in [-0.3, -0.25) is 0 Å². The highest BCUT2D eigenvalue weighted by molar-refractivity contribution is 14.1. The van der Waals surface area contributed by atoms with Crippen molar-refractivity contribution in [2.45, 2.75) is 13.8 Å². The standard InChI is InChI=1S/C6H9IN4/c1-3-5(7)6(11-8)10-4(2)9-3/h8H2,1-2H3,(H,9,10,11). The van der Waals surface area contributed by atoms with Crippen molar-refractivity contribution in [1.82, 2.24) is 9.97 Å². The lowest BCUT2D eigenvalue weighted by Gasteiger charge is -2.04. The van der Waals surface area contributed by atoms with E-state index in [9.17, 15) is 0 Å². The number of hydrogen-bond acceptors (Lipinski definition) is 4. The van der Waals surface area contributed by atoms with Crippen molar-refractivity contribution in [1.29, 1.82) is 0 Å². The van der Waals surface area contributed by atoms with Crippen LogP contribution in [0.3, 0.4) is 0 Å². The van der Waals surface area contributed by atoms with E-state index >= 15 is 0 Å². The molecule has 0 saturated heterocycles. The van der Waals surface area contributed by atoms with Crippen LogP contribution >= 0.6 is 22.6 Å². The molecule has 4 nitrogen and oxygen atoms in total. The Morgan fingerprint density at radius 2 is 2.00 bits per heavy atom. The lowest BCUT2D eigenvalue weighted by atomic mass is 10.4. The summed E-state index contributed by atoms with van der Waals surface area (Å²) in [5.74, 6) is 6.67. The Morgan fingerprint density at radius 3 is 2.55 bits per heavy atom. The number of aryl methyl sites for hydroxylation is 2. The molecule has 0 aliphatic heterocycles. The molecular weight excluding hydrogens is 255 g/mol. The molecule has 1 aromatic heterocycles. The number of nitrogens with one attached hydrogen (secondary N) is 1. The maximum Gasteiger partial charge on any atom is 0.157 e. The molecule has 5 heteroatoms. The van der Waals surface area contributed by atoms with Crippen LogP contribution in [0.25, 0.3) is 0 Å². The SMILES string of the molecule is Cc1nc(C)c(I)c(NN)n1. The van der Waals surface area contributed by atoms with Gasteiger partial charge in [-0.2, -0.15) is 0 Å². The number of anilines is 1. The Morgan fingerprint density at radius 1 is 1.36 bits per heavy atom. The smallest absolute Gasteiger partial charge is 0.157 e. The van der Waals surface area contributed by atoms with Gasteiger partial charge in [0.2, 0.25) is 0 Å². The van der Waals surface area contributed by atoms with Crippen LogP contribution in [0.5, 0.6) is 0 Å². The Labute approximate surface area is 78.7 Å². The van der Waals surface area contributed by atoms with E-state index in [1.54, 1.807) is 0 Å². The summed E-state index contributed by atoms with van der Waals surface area (Å²) in [6.45, 7) is 3.77. The number of nitrogen functional groups attached to an aromatic ring is 1. The average molecular weight is 264 g/mol. The van der Waals surface area contributed by atoms with Crippen molar-refractivity contribution in [3.05, 3.63) is 15.1 Å². The first-order valence-corrected chi connectivity index (χ1v) is 4.20. The van der Waals surface area contributed by atoms with Crippen LogP contribution in [0, 0.1) is 17.4 Å². The van der Waals surface area contributed by atoms with Gasteiger partial charge in [0.15, 0.2) is 5.82 Å². The minimum atomic E-state index is 0.690. The first kappa shape index (κ1) is 8.66. The summed E-state index contributed by atoms with van der Waals surface area (Å²) >= 11 is 2.15. The van der Waals surface area contributed by atoms with Crippen molar-refractivity contribution in [3.8, 4) is 0 Å². The van der Waals surface area contributed by atoms with Crippen LogP contribution in [0.4, 0.5) is 5.82 Å². The highest BCUT2D eigenvalue weighted by Crippen LogP contribution is 2.16. The summed E-state index contributed by atoms with van der Waals surface area (Å²) in [4.78, 5) is 8.26. The summed E-state index contributed by atoms with van der Waals surface area (Å²) in [7, 11) is 0. The third-order valence-electron chi connectivity index (χ3n) is 1.27. The second-order valence-electron chi connectivity index (χ2n) is 2.16. The van der Waals surface area contributed by atoms with Crippen molar-refractivity contribution < 1.29 is 0 Å². The number of nitrogens with two attached hydrogens (primary N) is 1. The highest BCUT2D eigenvalue weighted by atomic mass is 127. The van der Waals surface area contributed by atoms with Crippen molar-refractivity contribution in [2.24, 2.45) is 5.84 Å². The minimum absolute atomic E-state index is 0.690. The Hall–Kier alpha value is -0.430. The van der Waals surface area contributed by atoms with Gasteiger partial charge in [0, 0.05) is 0 Å². The molecule has 1 rings (SSSR count). The number of hydrazine groups is 1. The van der Waals surface area contributed by atoms with Crippen LogP contribution in [-0.2, 0) is 0 Å². The van der Waals surface area contributed by atoms with Crippen LogP contribution in [0.15, 0.2) is 0 Å². The van der Waals surface area contributed by atoms with E-state index in [1.807, 2.05) is 13.8 Å². The van der Waals surface area contributed by atoms with Gasteiger partial charge in [0.1, 0.15) is 5.82 Å². The van der Waals surface area contributed by atoms with Crippen LogP contribution in [-0.4, -0.2) is 9.97 Å². The third kappa shape index (κ3) is 1.78. The number of nitrogens with zero attached hydrogens (tertiary/aromatic N) is 2. The van der Waals surface area contributed by atoms with E-state index in [0.717, 1.165) is 15.1 Å². The fraction of sp³-hybridized carbons (Fsp3) is 0.333. The fourth-order valence-corrected chi connectivity index (χ4v) is 1.19. The highest BCUT2D eigenvalue weighted by Gasteiger charge is 2.04. The molecule has 0 aliphatic rings. The molecule has 0 spiro atoms. The number of halogens is 1. The fourth-order valence-electron chi connectivity index (χ4n) is 0.795. The predicted molar refractivity (Wildman–Crippen MR) is 52.0 cm³/mol. The molecule has 11 heavy (non-hydrogen) atoms. The molecule has 0 bridgehead atoms. The average Bonchev–Trinajstić information content (AvgIpc) is 1.96. The van der Waals surface area contributed by atoms with E-state index in [-0.39, 0.29) is 0 Å². The molecule has 0 aliphatic carbocycles. The third-order valence-corrected chi connectivity index (χ3v) is 2.56. The molecule has 0 saturated carbocycles. The summed E-state index contributed by atoms with van der Waals surface area (Å²) in [5, 5.41) is 0. The number of hydrogen-bond donors (Lipinski definition) is 2. The summed E-state index contributed by atoms with van der Waals surface area (Å²) in [5.41, 5.74) is 3.47. The second kappa shape index (κ2) is 3.31. The van der Waals surface area contributed by atoms with Gasteiger partial charge >= 0.3 is 0 Å². The number of aromatic nitrogens is 2. The molecule has 0 amide bonds. The zero-order valence-corrected chi connectivity index (χ0v) is 8.51. The van der Waals surface area contributed by atoms with Gasteiger partial charge < -0.3 is 5.43 Å².